The molecule has 1 aromatic carbocycles. The third-order valence-electron chi connectivity index (χ3n) is 9.62. The quantitative estimate of drug-likeness (QED) is 0.256. The summed E-state index contributed by atoms with van der Waals surface area (Å²) in [6, 6.07) is 6.87. The highest BCUT2D eigenvalue weighted by Gasteiger charge is 2.71. The molecule has 4 aliphatic heterocycles. The number of rotatable bonds is 11. The summed E-state index contributed by atoms with van der Waals surface area (Å²) in [6.07, 6.45) is 12.3. The molecule has 1 aromatic rings. The number of aliphatic hydroxyl groups excluding tert-OH is 1. The van der Waals surface area contributed by atoms with Gasteiger partial charge in [-0.3, -0.25) is 14.4 Å². The van der Waals surface area contributed by atoms with Crippen LogP contribution in [-0.4, -0.2) is 87.1 Å². The van der Waals surface area contributed by atoms with Gasteiger partial charge in [0.25, 0.3) is 0 Å². The average molecular weight is 638 g/mol. The lowest BCUT2D eigenvalue weighted by Crippen LogP contribution is -2.58. The van der Waals surface area contributed by atoms with Crippen LogP contribution in [-0.2, 0) is 14.4 Å². The second kappa shape index (κ2) is 13.1. The molecule has 0 aliphatic carbocycles. The molecule has 0 radical (unpaired) electrons. The molecule has 0 aromatic heterocycles. The predicted octanol–water partition coefficient (Wildman–Crippen LogP) is 5.45. The van der Waals surface area contributed by atoms with Crippen LogP contribution >= 0.6 is 11.8 Å². The number of hydrogen-bond acceptors (Lipinski definition) is 6. The van der Waals surface area contributed by atoms with E-state index in [-0.39, 0.29) is 35.0 Å². The summed E-state index contributed by atoms with van der Waals surface area (Å²) in [5.74, 6) is -0.662. The lowest BCUT2D eigenvalue weighted by molar-refractivity contribution is -0.146. The number of thioether (sulfide) groups is 1. The van der Waals surface area contributed by atoms with Gasteiger partial charge in [0.15, 0.2) is 0 Å². The van der Waals surface area contributed by atoms with E-state index in [0.29, 0.717) is 26.2 Å². The van der Waals surface area contributed by atoms with Crippen molar-refractivity contribution in [1.29, 1.82) is 0 Å². The highest BCUT2D eigenvalue weighted by atomic mass is 32.2. The molecule has 246 valence electrons. The number of unbranched alkanes of at least 4 members (excludes halogenated alkanes) is 3. The Hall–Kier alpha value is -2.78. The van der Waals surface area contributed by atoms with E-state index in [1.54, 1.807) is 16.7 Å². The van der Waals surface area contributed by atoms with Gasteiger partial charge < -0.3 is 24.5 Å². The van der Waals surface area contributed by atoms with E-state index in [0.717, 1.165) is 43.5 Å². The SMILES string of the molecule is CCOc1ccc(N2CC=C[C@H]3S[C@]45C=CCN(C(C)(C)CC(C)(C)C)C(=O)C4N(CCCCCCO)C(=O)[C@@H]5[C@H]3C2=O)cc1. The molecule has 4 heterocycles. The number of fused-ring (bicyclic) bond motifs is 2. The maximum atomic E-state index is 14.8. The number of anilines is 1. The molecule has 2 fully saturated rings. The topological polar surface area (TPSA) is 90.4 Å². The molecule has 1 unspecified atom stereocenters. The van der Waals surface area contributed by atoms with Gasteiger partial charge in [0.1, 0.15) is 11.8 Å². The fraction of sp³-hybridized carbons (Fsp3) is 0.639. The normalized spacial score (nSPS) is 28.2. The second-order valence-corrected chi connectivity index (χ2v) is 16.2. The lowest BCUT2D eigenvalue weighted by atomic mass is 9.77. The van der Waals surface area contributed by atoms with E-state index in [9.17, 15) is 19.5 Å². The molecule has 5 atom stereocenters. The van der Waals surface area contributed by atoms with Crippen molar-refractivity contribution in [2.45, 2.75) is 95.2 Å². The van der Waals surface area contributed by atoms with E-state index < -0.39 is 28.2 Å². The van der Waals surface area contributed by atoms with Gasteiger partial charge in [-0.2, -0.15) is 0 Å². The van der Waals surface area contributed by atoms with Crippen LogP contribution in [0.4, 0.5) is 5.69 Å². The Labute approximate surface area is 273 Å². The summed E-state index contributed by atoms with van der Waals surface area (Å²) in [4.78, 5) is 49.5. The van der Waals surface area contributed by atoms with Crippen molar-refractivity contribution < 1.29 is 24.2 Å². The molecule has 0 bridgehead atoms. The van der Waals surface area contributed by atoms with Gasteiger partial charge in [-0.05, 0) is 69.7 Å². The predicted molar refractivity (Wildman–Crippen MR) is 180 cm³/mol. The summed E-state index contributed by atoms with van der Waals surface area (Å²) >= 11 is 1.63. The first-order valence-corrected chi connectivity index (χ1v) is 17.5. The summed E-state index contributed by atoms with van der Waals surface area (Å²) < 4.78 is 4.79. The molecule has 1 spiro atoms. The maximum absolute atomic E-state index is 14.8. The molecular weight excluding hydrogens is 586 g/mol. The smallest absolute Gasteiger partial charge is 0.247 e. The van der Waals surface area contributed by atoms with E-state index in [1.165, 1.54) is 0 Å². The van der Waals surface area contributed by atoms with Gasteiger partial charge in [0.2, 0.25) is 17.7 Å². The molecule has 1 N–H and O–H groups in total. The standard InChI is InChI=1S/C36H51N3O5S/c1-7-44-26-17-15-25(16-18-26)37-21-12-14-27-28(31(37)41)29-32(42)38(20-10-8-9-11-23-40)30-33(43)39(22-13-19-36(29,30)45-27)35(5,6)24-34(2,3)4/h12-19,27-30,40H,7-11,20-24H2,1-6H3/t27-,28+,29+,30?,36+/m1/s1. The monoisotopic (exact) mass is 637 g/mol. The number of hydrogen-bond donors (Lipinski definition) is 1. The molecule has 9 heteroatoms. The van der Waals surface area contributed by atoms with Gasteiger partial charge in [0.05, 0.1) is 23.2 Å². The van der Waals surface area contributed by atoms with Gasteiger partial charge in [-0.15, -0.1) is 11.8 Å². The maximum Gasteiger partial charge on any atom is 0.247 e. The zero-order valence-corrected chi connectivity index (χ0v) is 28.6. The Morgan fingerprint density at radius 2 is 1.64 bits per heavy atom. The zero-order valence-electron chi connectivity index (χ0n) is 27.8. The van der Waals surface area contributed by atoms with Crippen LogP contribution in [0.1, 0.15) is 73.6 Å². The highest BCUT2D eigenvalue weighted by molar-refractivity contribution is 8.02. The first kappa shape index (κ1) is 33.6. The Morgan fingerprint density at radius 3 is 2.31 bits per heavy atom. The van der Waals surface area contributed by atoms with Crippen LogP contribution in [0.15, 0.2) is 48.6 Å². The number of carbonyl (C=O) groups excluding carboxylic acids is 3. The molecule has 45 heavy (non-hydrogen) atoms. The van der Waals surface area contributed by atoms with Gasteiger partial charge in [0, 0.05) is 42.7 Å². The van der Waals surface area contributed by atoms with Gasteiger partial charge in [-0.25, -0.2) is 0 Å². The van der Waals surface area contributed by atoms with Crippen LogP contribution in [0.25, 0.3) is 0 Å². The minimum absolute atomic E-state index is 0.00868. The molecule has 4 aliphatic rings. The number of aliphatic hydroxyl groups is 1. The molecule has 2 saturated heterocycles. The van der Waals surface area contributed by atoms with Crippen molar-refractivity contribution in [2.75, 3.05) is 37.7 Å². The van der Waals surface area contributed by atoms with Crippen LogP contribution in [0.2, 0.25) is 0 Å². The van der Waals surface area contributed by atoms with E-state index in [1.807, 2.05) is 47.1 Å². The average Bonchev–Trinajstić information content (AvgIpc) is 3.26. The van der Waals surface area contributed by atoms with Gasteiger partial charge in [-0.1, -0.05) is 57.9 Å². The number of carbonyl (C=O) groups is 3. The Morgan fingerprint density at radius 1 is 0.933 bits per heavy atom. The van der Waals surface area contributed by atoms with E-state index >= 15 is 0 Å². The van der Waals surface area contributed by atoms with Crippen molar-refractivity contribution in [1.82, 2.24) is 9.80 Å². The Kier molecular flexibility index (Phi) is 9.81. The number of benzene rings is 1. The molecular formula is C36H51N3O5S. The fourth-order valence-corrected chi connectivity index (χ4v) is 10.2. The van der Waals surface area contributed by atoms with Crippen LogP contribution in [0, 0.1) is 17.3 Å². The van der Waals surface area contributed by atoms with Crippen molar-refractivity contribution >= 4 is 35.2 Å². The van der Waals surface area contributed by atoms with Crippen molar-refractivity contribution in [3.63, 3.8) is 0 Å². The van der Waals surface area contributed by atoms with Crippen molar-refractivity contribution in [2.24, 2.45) is 17.3 Å². The summed E-state index contributed by atoms with van der Waals surface area (Å²) in [5.41, 5.74) is 0.353. The number of amides is 3. The van der Waals surface area contributed by atoms with E-state index in [4.69, 9.17) is 4.74 Å². The lowest BCUT2D eigenvalue weighted by Gasteiger charge is -2.44. The van der Waals surface area contributed by atoms with Crippen LogP contribution in [0.5, 0.6) is 5.75 Å². The zero-order chi connectivity index (χ0) is 32.6. The molecule has 5 rings (SSSR count). The Balaban J connectivity index is 1.52. The highest BCUT2D eigenvalue weighted by Crippen LogP contribution is 2.61. The molecule has 3 amide bonds. The van der Waals surface area contributed by atoms with Crippen molar-refractivity contribution in [3.05, 3.63) is 48.6 Å². The summed E-state index contributed by atoms with van der Waals surface area (Å²) in [7, 11) is 0. The number of likely N-dealkylation sites (tertiary alicyclic amines) is 1. The Bertz CT molecular complexity index is 1320. The van der Waals surface area contributed by atoms with Crippen LogP contribution in [0.3, 0.4) is 0 Å². The minimum Gasteiger partial charge on any atom is -0.494 e. The number of nitrogens with zero attached hydrogens (tertiary/aromatic N) is 3. The van der Waals surface area contributed by atoms with E-state index in [2.05, 4.69) is 52.8 Å². The molecule has 8 nitrogen and oxygen atoms in total. The largest absolute Gasteiger partial charge is 0.494 e. The van der Waals surface area contributed by atoms with Crippen LogP contribution < -0.4 is 9.64 Å². The third-order valence-corrected chi connectivity index (χ3v) is 11.4. The first-order valence-electron chi connectivity index (χ1n) is 16.6. The minimum atomic E-state index is -0.830. The second-order valence-electron chi connectivity index (χ2n) is 14.7. The third kappa shape index (κ3) is 6.44. The van der Waals surface area contributed by atoms with Crippen molar-refractivity contribution in [3.8, 4) is 5.75 Å². The van der Waals surface area contributed by atoms with Gasteiger partial charge >= 0.3 is 0 Å². The first-order chi connectivity index (χ1) is 21.3. The fourth-order valence-electron chi connectivity index (χ4n) is 8.18. The molecule has 0 saturated carbocycles. The summed E-state index contributed by atoms with van der Waals surface area (Å²) in [6.45, 7) is 14.8. The summed E-state index contributed by atoms with van der Waals surface area (Å²) in [5, 5.41) is 9.05. The number of ether oxygens (including phenoxy) is 1.